The minimum absolute atomic E-state index is 0.140. The van der Waals surface area contributed by atoms with Crippen LogP contribution in [-0.2, 0) is 6.67 Å². The molecule has 3 aromatic heterocycles. The molecular weight excluding hydrogens is 364 g/mol. The Kier molecular flexibility index (Phi) is 5.03. The molecule has 1 aromatic carbocycles. The number of aryl methyl sites for hydroxylation is 2. The van der Waals surface area contributed by atoms with Crippen LogP contribution >= 0.6 is 0 Å². The van der Waals surface area contributed by atoms with Gasteiger partial charge < -0.3 is 9.88 Å². The van der Waals surface area contributed by atoms with Gasteiger partial charge in [0.15, 0.2) is 0 Å². The molecule has 1 amide bonds. The Bertz CT molecular complexity index is 1120. The van der Waals surface area contributed by atoms with Gasteiger partial charge in [-0.2, -0.15) is 10.2 Å². The van der Waals surface area contributed by atoms with Crippen molar-refractivity contribution >= 4 is 5.91 Å². The number of carbonyl (C=O) groups is 1. The number of carbonyl (C=O) groups excluding carboxylic acids is 1. The van der Waals surface area contributed by atoms with Gasteiger partial charge in [0, 0.05) is 30.0 Å². The third-order valence-corrected chi connectivity index (χ3v) is 4.88. The second-order valence-corrected chi connectivity index (χ2v) is 7.19. The smallest absolute Gasteiger partial charge is 0.272 e. The van der Waals surface area contributed by atoms with Crippen molar-refractivity contribution in [3.05, 3.63) is 89.8 Å². The SMILES string of the molecule is Cc1cc(C)n(Cn2ccc(C(=O)NC(C)c3cccc(-n4cccc4)c3)n2)n1. The highest BCUT2D eigenvalue weighted by molar-refractivity contribution is 5.92. The predicted octanol–water partition coefficient (Wildman–Crippen LogP) is 3.48. The maximum Gasteiger partial charge on any atom is 0.272 e. The molecule has 7 heteroatoms. The lowest BCUT2D eigenvalue weighted by Crippen LogP contribution is -2.27. The summed E-state index contributed by atoms with van der Waals surface area (Å²) in [6.07, 6.45) is 5.79. The summed E-state index contributed by atoms with van der Waals surface area (Å²) in [7, 11) is 0. The van der Waals surface area contributed by atoms with Crippen molar-refractivity contribution in [1.29, 1.82) is 0 Å². The van der Waals surface area contributed by atoms with E-state index >= 15 is 0 Å². The summed E-state index contributed by atoms with van der Waals surface area (Å²) >= 11 is 0. The Balaban J connectivity index is 1.44. The van der Waals surface area contributed by atoms with E-state index in [9.17, 15) is 4.79 Å². The summed E-state index contributed by atoms with van der Waals surface area (Å²) < 4.78 is 5.61. The highest BCUT2D eigenvalue weighted by Crippen LogP contribution is 2.17. The Morgan fingerprint density at radius 1 is 1.03 bits per heavy atom. The fourth-order valence-corrected chi connectivity index (χ4v) is 3.33. The van der Waals surface area contributed by atoms with Crippen molar-refractivity contribution in [1.82, 2.24) is 29.4 Å². The summed E-state index contributed by atoms with van der Waals surface area (Å²) in [6.45, 7) is 6.40. The summed E-state index contributed by atoms with van der Waals surface area (Å²) in [4.78, 5) is 12.7. The Morgan fingerprint density at radius 3 is 2.55 bits per heavy atom. The standard InChI is InChI=1S/C22H24N6O/c1-16-13-17(2)28(24-16)15-27-12-9-21(25-27)22(29)23-18(3)19-7-6-8-20(14-19)26-10-4-5-11-26/h4-14,18H,15H2,1-3H3,(H,23,29). The van der Waals surface area contributed by atoms with E-state index in [1.165, 1.54) is 0 Å². The van der Waals surface area contributed by atoms with E-state index in [1.807, 2.05) is 78.8 Å². The first kappa shape index (κ1) is 18.7. The zero-order valence-corrected chi connectivity index (χ0v) is 16.8. The van der Waals surface area contributed by atoms with Crippen molar-refractivity contribution in [3.8, 4) is 5.69 Å². The first-order valence-corrected chi connectivity index (χ1v) is 9.58. The van der Waals surface area contributed by atoms with E-state index in [0.29, 0.717) is 12.4 Å². The molecule has 1 atom stereocenters. The monoisotopic (exact) mass is 388 g/mol. The molecule has 0 bridgehead atoms. The van der Waals surface area contributed by atoms with Crippen molar-refractivity contribution in [2.24, 2.45) is 0 Å². The molecule has 1 N–H and O–H groups in total. The second-order valence-electron chi connectivity index (χ2n) is 7.19. The highest BCUT2D eigenvalue weighted by Gasteiger charge is 2.15. The fourth-order valence-electron chi connectivity index (χ4n) is 3.33. The first-order valence-electron chi connectivity index (χ1n) is 9.58. The van der Waals surface area contributed by atoms with Crippen LogP contribution in [0.1, 0.15) is 40.4 Å². The molecule has 0 saturated carbocycles. The van der Waals surface area contributed by atoms with Crippen LogP contribution in [0.3, 0.4) is 0 Å². The van der Waals surface area contributed by atoms with Gasteiger partial charge in [-0.25, -0.2) is 4.68 Å². The van der Waals surface area contributed by atoms with Gasteiger partial charge in [-0.05, 0) is 62.7 Å². The van der Waals surface area contributed by atoms with Crippen molar-refractivity contribution in [3.63, 3.8) is 0 Å². The van der Waals surface area contributed by atoms with Gasteiger partial charge in [0.25, 0.3) is 5.91 Å². The van der Waals surface area contributed by atoms with Crippen LogP contribution in [0.4, 0.5) is 0 Å². The molecule has 0 aliphatic rings. The van der Waals surface area contributed by atoms with E-state index in [-0.39, 0.29) is 11.9 Å². The zero-order valence-electron chi connectivity index (χ0n) is 16.8. The number of nitrogens with zero attached hydrogens (tertiary/aromatic N) is 5. The molecule has 3 heterocycles. The molecule has 4 rings (SSSR count). The molecule has 148 valence electrons. The summed E-state index contributed by atoms with van der Waals surface area (Å²) in [6, 6.07) is 15.7. The third-order valence-electron chi connectivity index (χ3n) is 4.88. The van der Waals surface area contributed by atoms with E-state index < -0.39 is 0 Å². The second kappa shape index (κ2) is 7.79. The molecule has 29 heavy (non-hydrogen) atoms. The van der Waals surface area contributed by atoms with E-state index in [1.54, 1.807) is 16.9 Å². The zero-order chi connectivity index (χ0) is 20.4. The number of benzene rings is 1. The predicted molar refractivity (Wildman–Crippen MR) is 111 cm³/mol. The number of hydrogen-bond acceptors (Lipinski definition) is 3. The first-order chi connectivity index (χ1) is 14.0. The van der Waals surface area contributed by atoms with Crippen LogP contribution in [0.25, 0.3) is 5.69 Å². The van der Waals surface area contributed by atoms with Gasteiger partial charge in [-0.1, -0.05) is 12.1 Å². The molecule has 0 radical (unpaired) electrons. The number of nitrogens with one attached hydrogen (secondary N) is 1. The third kappa shape index (κ3) is 4.13. The molecule has 7 nitrogen and oxygen atoms in total. The topological polar surface area (TPSA) is 69.7 Å². The largest absolute Gasteiger partial charge is 0.344 e. The minimum Gasteiger partial charge on any atom is -0.344 e. The Morgan fingerprint density at radius 2 is 1.83 bits per heavy atom. The lowest BCUT2D eigenvalue weighted by molar-refractivity contribution is 0.0934. The lowest BCUT2D eigenvalue weighted by Gasteiger charge is -2.15. The van der Waals surface area contributed by atoms with Crippen molar-refractivity contribution in [2.45, 2.75) is 33.5 Å². The summed E-state index contributed by atoms with van der Waals surface area (Å²) in [5.74, 6) is -0.198. The molecule has 0 aliphatic carbocycles. The quantitative estimate of drug-likeness (QED) is 0.550. The summed E-state index contributed by atoms with van der Waals surface area (Å²) in [5.41, 5.74) is 4.50. The fraction of sp³-hybridized carbons (Fsp3) is 0.227. The van der Waals surface area contributed by atoms with Gasteiger partial charge in [0.2, 0.25) is 0 Å². The van der Waals surface area contributed by atoms with Gasteiger partial charge >= 0.3 is 0 Å². The molecule has 4 aromatic rings. The van der Waals surface area contributed by atoms with Crippen molar-refractivity contribution in [2.75, 3.05) is 0 Å². The normalized spacial score (nSPS) is 12.1. The number of hydrogen-bond donors (Lipinski definition) is 1. The maximum absolute atomic E-state index is 12.7. The van der Waals surface area contributed by atoms with Gasteiger partial charge in [-0.15, -0.1) is 0 Å². The van der Waals surface area contributed by atoms with Crippen LogP contribution in [-0.4, -0.2) is 30.0 Å². The summed E-state index contributed by atoms with van der Waals surface area (Å²) in [5, 5.41) is 11.9. The Labute approximate surface area is 169 Å². The molecule has 0 spiro atoms. The lowest BCUT2D eigenvalue weighted by atomic mass is 10.1. The van der Waals surface area contributed by atoms with E-state index in [2.05, 4.69) is 21.6 Å². The van der Waals surface area contributed by atoms with E-state index in [0.717, 1.165) is 22.6 Å². The minimum atomic E-state index is -0.198. The average Bonchev–Trinajstić information content (AvgIpc) is 3.44. The molecule has 1 unspecified atom stereocenters. The van der Waals surface area contributed by atoms with Gasteiger partial charge in [-0.3, -0.25) is 9.48 Å². The molecular formula is C22H24N6O. The maximum atomic E-state index is 12.7. The van der Waals surface area contributed by atoms with Crippen LogP contribution in [0.15, 0.2) is 67.1 Å². The van der Waals surface area contributed by atoms with Crippen LogP contribution < -0.4 is 5.32 Å². The van der Waals surface area contributed by atoms with Crippen LogP contribution in [0, 0.1) is 13.8 Å². The number of rotatable bonds is 6. The van der Waals surface area contributed by atoms with Crippen LogP contribution in [0.5, 0.6) is 0 Å². The van der Waals surface area contributed by atoms with Gasteiger partial charge in [0.05, 0.1) is 11.7 Å². The van der Waals surface area contributed by atoms with Crippen molar-refractivity contribution < 1.29 is 4.79 Å². The van der Waals surface area contributed by atoms with Crippen LogP contribution in [0.2, 0.25) is 0 Å². The number of aromatic nitrogens is 5. The average molecular weight is 388 g/mol. The molecule has 0 aliphatic heterocycles. The molecule has 0 fully saturated rings. The highest BCUT2D eigenvalue weighted by atomic mass is 16.2. The molecule has 0 saturated heterocycles. The number of amides is 1. The Hall–Kier alpha value is -3.61. The van der Waals surface area contributed by atoms with Gasteiger partial charge in [0.1, 0.15) is 12.4 Å². The van der Waals surface area contributed by atoms with E-state index in [4.69, 9.17) is 0 Å².